The number of nitrogens with two attached hydrogens (primary N) is 1. The van der Waals surface area contributed by atoms with Gasteiger partial charge in [-0.15, -0.1) is 0 Å². The van der Waals surface area contributed by atoms with Crippen molar-refractivity contribution in [2.24, 2.45) is 0 Å². The number of anilines is 2. The van der Waals surface area contributed by atoms with Gasteiger partial charge in [0.05, 0.1) is 6.54 Å². The second kappa shape index (κ2) is 11.4. The highest BCUT2D eigenvalue weighted by atomic mass is 19.4. The number of H-pyrrole nitrogens is 1. The minimum absolute atomic E-state index is 0.00120. The lowest BCUT2D eigenvalue weighted by atomic mass is 9.97. The molecule has 0 aliphatic heterocycles. The van der Waals surface area contributed by atoms with Gasteiger partial charge in [0.15, 0.2) is 5.69 Å². The summed E-state index contributed by atoms with van der Waals surface area (Å²) in [6.45, 7) is -0.395. The summed E-state index contributed by atoms with van der Waals surface area (Å²) in [4.78, 5) is 41.8. The molecular weight excluding hydrogens is 465 g/mol. The number of rotatable bonds is 9. The van der Waals surface area contributed by atoms with Crippen LogP contribution in [0.5, 0.6) is 0 Å². The number of hydrogen-bond acceptors (Lipinski definition) is 5. The quantitative estimate of drug-likeness (QED) is 0.520. The van der Waals surface area contributed by atoms with Crippen LogP contribution in [-0.2, 0) is 16.1 Å². The first kappa shape index (κ1) is 26.3. The van der Waals surface area contributed by atoms with Crippen LogP contribution in [0.15, 0.2) is 51.6 Å². The molecule has 1 aromatic carbocycles. The Morgan fingerprint density at radius 2 is 1.94 bits per heavy atom. The van der Waals surface area contributed by atoms with Gasteiger partial charge < -0.3 is 15.4 Å². The highest BCUT2D eigenvalue weighted by Crippen LogP contribution is 2.25. The van der Waals surface area contributed by atoms with Gasteiger partial charge in [0, 0.05) is 6.54 Å². The molecule has 1 amide bonds. The number of nitrogens with zero attached hydrogens (tertiary/aromatic N) is 2. The van der Waals surface area contributed by atoms with Crippen molar-refractivity contribution in [3.8, 4) is 0 Å². The molecule has 1 heterocycles. The van der Waals surface area contributed by atoms with E-state index >= 15 is 0 Å². The lowest BCUT2D eigenvalue weighted by Gasteiger charge is -2.28. The summed E-state index contributed by atoms with van der Waals surface area (Å²) in [5.41, 5.74) is 6.11. The van der Waals surface area contributed by atoms with E-state index in [1.165, 1.54) is 6.92 Å². The number of halogens is 3. The van der Waals surface area contributed by atoms with Crippen molar-refractivity contribution >= 4 is 17.4 Å². The minimum Gasteiger partial charge on any atom is -0.383 e. The Labute approximate surface area is 200 Å². The SMILES string of the molecule is CC(OCC(F)(F)F)C(=O)N(CCC1=CCCCC1)c1c(N)n(Cc2ccccc2)c(=O)[nH]c1=O. The lowest BCUT2D eigenvalue weighted by molar-refractivity contribution is -0.185. The number of aromatic amines is 1. The Morgan fingerprint density at radius 1 is 1.23 bits per heavy atom. The Bertz CT molecular complexity index is 1170. The van der Waals surface area contributed by atoms with E-state index in [0.29, 0.717) is 6.42 Å². The van der Waals surface area contributed by atoms with Crippen LogP contribution in [0.1, 0.15) is 44.6 Å². The Morgan fingerprint density at radius 3 is 2.57 bits per heavy atom. The highest BCUT2D eigenvalue weighted by Gasteiger charge is 2.33. The summed E-state index contributed by atoms with van der Waals surface area (Å²) in [7, 11) is 0. The summed E-state index contributed by atoms with van der Waals surface area (Å²) in [5.74, 6) is -1.11. The monoisotopic (exact) mass is 494 g/mol. The molecule has 1 unspecified atom stereocenters. The third-order valence-corrected chi connectivity index (χ3v) is 5.82. The maximum atomic E-state index is 13.2. The highest BCUT2D eigenvalue weighted by molar-refractivity contribution is 5.98. The topological polar surface area (TPSA) is 110 Å². The molecule has 0 saturated heterocycles. The van der Waals surface area contributed by atoms with Crippen molar-refractivity contribution in [2.75, 3.05) is 23.8 Å². The summed E-state index contributed by atoms with van der Waals surface area (Å²) >= 11 is 0. The molecule has 2 aromatic rings. The van der Waals surface area contributed by atoms with Crippen molar-refractivity contribution in [1.29, 1.82) is 0 Å². The van der Waals surface area contributed by atoms with E-state index in [4.69, 9.17) is 10.5 Å². The van der Waals surface area contributed by atoms with Crippen molar-refractivity contribution in [3.63, 3.8) is 0 Å². The van der Waals surface area contributed by atoms with Crippen molar-refractivity contribution in [3.05, 3.63) is 68.4 Å². The molecule has 1 aliphatic carbocycles. The number of ether oxygens (including phenoxy) is 1. The van der Waals surface area contributed by atoms with Crippen LogP contribution >= 0.6 is 0 Å². The van der Waals surface area contributed by atoms with Gasteiger partial charge in [-0.25, -0.2) is 4.79 Å². The average Bonchev–Trinajstić information content (AvgIpc) is 2.82. The molecule has 11 heteroatoms. The number of amides is 1. The normalized spacial score (nSPS) is 14.9. The van der Waals surface area contributed by atoms with E-state index in [0.717, 1.165) is 46.3 Å². The molecule has 0 fully saturated rings. The zero-order valence-electron chi connectivity index (χ0n) is 19.4. The number of carbonyl (C=O) groups excluding carboxylic acids is 1. The first-order valence-electron chi connectivity index (χ1n) is 11.4. The molecule has 190 valence electrons. The van der Waals surface area contributed by atoms with E-state index in [-0.39, 0.29) is 24.6 Å². The molecular formula is C24H29F3N4O4. The van der Waals surface area contributed by atoms with Crippen LogP contribution in [0.3, 0.4) is 0 Å². The standard InChI is InChI=1S/C24H29F3N4O4/c1-16(35-15-24(25,26)27)22(33)30(13-12-17-8-4-2-5-9-17)19-20(28)31(23(34)29-21(19)32)14-18-10-6-3-7-11-18/h3,6-8,10-11,16H,2,4-5,9,12-15,28H2,1H3,(H,29,32,34). The van der Waals surface area contributed by atoms with E-state index < -0.39 is 36.0 Å². The van der Waals surface area contributed by atoms with E-state index in [2.05, 4.69) is 11.1 Å². The van der Waals surface area contributed by atoms with Crippen LogP contribution in [0.2, 0.25) is 0 Å². The molecule has 0 radical (unpaired) electrons. The fourth-order valence-corrected chi connectivity index (χ4v) is 3.99. The fourth-order valence-electron chi connectivity index (χ4n) is 3.99. The van der Waals surface area contributed by atoms with Gasteiger partial charge >= 0.3 is 11.9 Å². The third kappa shape index (κ3) is 7.08. The summed E-state index contributed by atoms with van der Waals surface area (Å²) in [6.07, 6.45) is 0.159. The minimum atomic E-state index is -4.62. The molecule has 1 atom stereocenters. The molecule has 1 aliphatic rings. The van der Waals surface area contributed by atoms with Gasteiger partial charge in [-0.3, -0.25) is 19.1 Å². The molecule has 35 heavy (non-hydrogen) atoms. The van der Waals surface area contributed by atoms with Gasteiger partial charge in [0.2, 0.25) is 0 Å². The van der Waals surface area contributed by atoms with Crippen molar-refractivity contribution in [1.82, 2.24) is 9.55 Å². The number of nitrogen functional groups attached to an aromatic ring is 1. The van der Waals surface area contributed by atoms with E-state index in [9.17, 15) is 27.6 Å². The van der Waals surface area contributed by atoms with Gasteiger partial charge in [0.1, 0.15) is 18.5 Å². The summed E-state index contributed by atoms with van der Waals surface area (Å²) in [5, 5.41) is 0. The average molecular weight is 495 g/mol. The largest absolute Gasteiger partial charge is 0.411 e. The maximum Gasteiger partial charge on any atom is 0.411 e. The number of hydrogen-bond donors (Lipinski definition) is 2. The fraction of sp³-hybridized carbons (Fsp3) is 0.458. The first-order chi connectivity index (χ1) is 16.6. The third-order valence-electron chi connectivity index (χ3n) is 5.82. The van der Waals surface area contributed by atoms with Crippen LogP contribution in [0.4, 0.5) is 24.7 Å². The molecule has 3 N–H and O–H groups in total. The number of aromatic nitrogens is 2. The van der Waals surface area contributed by atoms with Gasteiger partial charge in [-0.2, -0.15) is 13.2 Å². The zero-order valence-corrected chi connectivity index (χ0v) is 19.4. The number of carbonyl (C=O) groups is 1. The second-order valence-corrected chi connectivity index (χ2v) is 8.48. The Kier molecular flexibility index (Phi) is 8.55. The van der Waals surface area contributed by atoms with Gasteiger partial charge in [-0.05, 0) is 44.6 Å². The predicted octanol–water partition coefficient (Wildman–Crippen LogP) is 3.36. The number of nitrogens with one attached hydrogen (secondary N) is 1. The van der Waals surface area contributed by atoms with Crippen molar-refractivity contribution in [2.45, 2.75) is 57.9 Å². The Balaban J connectivity index is 1.98. The number of benzene rings is 1. The van der Waals surface area contributed by atoms with Crippen LogP contribution in [0, 0.1) is 0 Å². The summed E-state index contributed by atoms with van der Waals surface area (Å²) < 4.78 is 43.8. The smallest absolute Gasteiger partial charge is 0.383 e. The van der Waals surface area contributed by atoms with Crippen molar-refractivity contribution < 1.29 is 22.7 Å². The Hall–Kier alpha value is -3.34. The zero-order chi connectivity index (χ0) is 25.6. The number of alkyl halides is 3. The maximum absolute atomic E-state index is 13.2. The molecule has 0 saturated carbocycles. The first-order valence-corrected chi connectivity index (χ1v) is 11.4. The number of allylic oxidation sites excluding steroid dienone is 1. The van der Waals surface area contributed by atoms with Crippen LogP contribution in [0.25, 0.3) is 0 Å². The molecule has 8 nitrogen and oxygen atoms in total. The molecule has 0 bridgehead atoms. The predicted molar refractivity (Wildman–Crippen MR) is 126 cm³/mol. The van der Waals surface area contributed by atoms with Crippen LogP contribution < -0.4 is 21.9 Å². The van der Waals surface area contributed by atoms with E-state index in [1.807, 2.05) is 0 Å². The van der Waals surface area contributed by atoms with Gasteiger partial charge in [0.25, 0.3) is 11.5 Å². The van der Waals surface area contributed by atoms with Crippen LogP contribution in [-0.4, -0.2) is 40.9 Å². The molecule has 1 aromatic heterocycles. The van der Waals surface area contributed by atoms with E-state index in [1.54, 1.807) is 30.3 Å². The van der Waals surface area contributed by atoms with Gasteiger partial charge in [-0.1, -0.05) is 42.0 Å². The molecule has 3 rings (SSSR count). The second-order valence-electron chi connectivity index (χ2n) is 8.48. The summed E-state index contributed by atoms with van der Waals surface area (Å²) in [6, 6.07) is 8.88. The lowest BCUT2D eigenvalue weighted by Crippen LogP contribution is -2.46. The molecule has 0 spiro atoms.